The zero-order valence-corrected chi connectivity index (χ0v) is 15.6. The van der Waals surface area contributed by atoms with Crippen LogP contribution in [0.3, 0.4) is 0 Å². The molecule has 0 radical (unpaired) electrons. The molecule has 0 bridgehead atoms. The van der Waals surface area contributed by atoms with E-state index in [2.05, 4.69) is 81.5 Å². The summed E-state index contributed by atoms with van der Waals surface area (Å²) in [7, 11) is 2.09. The molecule has 1 heterocycles. The molecule has 0 aliphatic heterocycles. The lowest BCUT2D eigenvalue weighted by Crippen LogP contribution is -2.32. The third kappa shape index (κ3) is 3.06. The summed E-state index contributed by atoms with van der Waals surface area (Å²) in [5, 5.41) is 1.24. The topological polar surface area (TPSA) is 16.8 Å². The van der Waals surface area contributed by atoms with Gasteiger partial charge in [0.25, 0.3) is 6.33 Å². The maximum Gasteiger partial charge on any atom is 0.287 e. The minimum Gasteiger partial charge on any atom is -0.232 e. The van der Waals surface area contributed by atoms with E-state index in [1.807, 2.05) is 6.33 Å². The van der Waals surface area contributed by atoms with Gasteiger partial charge in [-0.3, -0.25) is 0 Å². The number of aryl methyl sites for hydroxylation is 3. The first-order chi connectivity index (χ1) is 11.4. The van der Waals surface area contributed by atoms with Gasteiger partial charge in [0.15, 0.2) is 5.52 Å². The molecule has 3 rings (SSSR count). The van der Waals surface area contributed by atoms with E-state index in [4.69, 9.17) is 0 Å². The van der Waals surface area contributed by atoms with Crippen molar-refractivity contribution in [3.63, 3.8) is 0 Å². The van der Waals surface area contributed by atoms with Gasteiger partial charge in [-0.2, -0.15) is 0 Å². The molecule has 124 valence electrons. The van der Waals surface area contributed by atoms with Crippen molar-refractivity contribution in [2.45, 2.75) is 41.0 Å². The van der Waals surface area contributed by atoms with Gasteiger partial charge in [-0.05, 0) is 73.0 Å². The van der Waals surface area contributed by atoms with Crippen LogP contribution in [-0.2, 0) is 13.5 Å². The smallest absolute Gasteiger partial charge is 0.232 e. The summed E-state index contributed by atoms with van der Waals surface area (Å²) in [6, 6.07) is 11.3. The Bertz CT molecular complexity index is 907. The van der Waals surface area contributed by atoms with Crippen LogP contribution in [0, 0.1) is 26.7 Å². The monoisotopic (exact) mass is 319 g/mol. The molecule has 0 spiro atoms. The molecule has 0 N–H and O–H groups in total. The van der Waals surface area contributed by atoms with Crippen LogP contribution in [0.4, 0.5) is 0 Å². The minimum absolute atomic E-state index is 0.652. The van der Waals surface area contributed by atoms with Crippen molar-refractivity contribution in [1.29, 1.82) is 0 Å². The van der Waals surface area contributed by atoms with Crippen LogP contribution in [-0.4, -0.2) is 4.98 Å². The van der Waals surface area contributed by atoms with E-state index >= 15 is 0 Å². The fourth-order valence-electron chi connectivity index (χ4n) is 3.50. The quantitative estimate of drug-likeness (QED) is 0.631. The number of hydrogen-bond donors (Lipinski definition) is 0. The number of nitrogens with zero attached hydrogens (tertiary/aromatic N) is 2. The van der Waals surface area contributed by atoms with Crippen molar-refractivity contribution in [2.24, 2.45) is 13.0 Å². The molecule has 24 heavy (non-hydrogen) atoms. The molecule has 0 saturated heterocycles. The van der Waals surface area contributed by atoms with Crippen LogP contribution < -0.4 is 4.57 Å². The maximum absolute atomic E-state index is 4.62. The fourth-order valence-corrected chi connectivity index (χ4v) is 3.50. The van der Waals surface area contributed by atoms with E-state index < -0.39 is 0 Å². The van der Waals surface area contributed by atoms with Gasteiger partial charge >= 0.3 is 0 Å². The highest BCUT2D eigenvalue weighted by atomic mass is 15.0. The Hall–Kier alpha value is -2.22. The van der Waals surface area contributed by atoms with Crippen molar-refractivity contribution in [3.05, 3.63) is 58.9 Å². The normalized spacial score (nSPS) is 11.5. The van der Waals surface area contributed by atoms with E-state index in [9.17, 15) is 0 Å². The zero-order valence-electron chi connectivity index (χ0n) is 15.6. The Morgan fingerprint density at radius 3 is 2.50 bits per heavy atom. The van der Waals surface area contributed by atoms with Crippen molar-refractivity contribution < 1.29 is 4.57 Å². The maximum atomic E-state index is 4.62. The molecule has 2 nitrogen and oxygen atoms in total. The molecule has 0 aliphatic carbocycles. The highest BCUT2D eigenvalue weighted by Gasteiger charge is 2.18. The average Bonchev–Trinajstić information content (AvgIpc) is 2.50. The first-order valence-electron chi connectivity index (χ1n) is 8.72. The molecule has 2 heteroatoms. The Balaban J connectivity index is 2.32. The minimum atomic E-state index is 0.652. The van der Waals surface area contributed by atoms with Crippen LogP contribution in [0.1, 0.15) is 36.1 Å². The van der Waals surface area contributed by atoms with E-state index in [1.165, 1.54) is 38.9 Å². The third-order valence-corrected chi connectivity index (χ3v) is 4.75. The van der Waals surface area contributed by atoms with Gasteiger partial charge in [0.1, 0.15) is 5.69 Å². The predicted molar refractivity (Wildman–Crippen MR) is 101 cm³/mol. The van der Waals surface area contributed by atoms with Gasteiger partial charge < -0.3 is 0 Å². The zero-order chi connectivity index (χ0) is 17.4. The van der Waals surface area contributed by atoms with Gasteiger partial charge in [0, 0.05) is 5.56 Å². The summed E-state index contributed by atoms with van der Waals surface area (Å²) in [6.07, 6.45) is 3.02. The lowest BCUT2D eigenvalue weighted by atomic mass is 9.94. The first kappa shape index (κ1) is 16.6. The summed E-state index contributed by atoms with van der Waals surface area (Å²) < 4.78 is 2.16. The SMILES string of the molecule is Cc1cc(C)c(C)c(-c2c3cc(CC(C)C)ccc3nc[n+]2C)c1. The predicted octanol–water partition coefficient (Wildman–Crippen LogP) is 4.85. The second-order valence-electron chi connectivity index (χ2n) is 7.41. The number of aromatic nitrogens is 2. The lowest BCUT2D eigenvalue weighted by molar-refractivity contribution is -0.662. The molecule has 1 aromatic heterocycles. The Morgan fingerprint density at radius 2 is 1.79 bits per heavy atom. The Labute approximate surface area is 145 Å². The molecule has 0 aliphatic rings. The van der Waals surface area contributed by atoms with Gasteiger partial charge in [-0.25, -0.2) is 4.57 Å². The molecule has 2 aromatic carbocycles. The van der Waals surface area contributed by atoms with Crippen molar-refractivity contribution in [3.8, 4) is 11.3 Å². The highest BCUT2D eigenvalue weighted by molar-refractivity contribution is 5.92. The van der Waals surface area contributed by atoms with Crippen molar-refractivity contribution in [1.82, 2.24) is 4.98 Å². The largest absolute Gasteiger partial charge is 0.287 e. The fraction of sp³-hybridized carbons (Fsp3) is 0.364. The second kappa shape index (κ2) is 6.35. The van der Waals surface area contributed by atoms with Gasteiger partial charge in [-0.1, -0.05) is 31.5 Å². The number of fused-ring (bicyclic) bond motifs is 1. The van der Waals surface area contributed by atoms with Gasteiger partial charge in [0.05, 0.1) is 12.4 Å². The molecule has 0 atom stereocenters. The van der Waals surface area contributed by atoms with Crippen molar-refractivity contribution in [2.75, 3.05) is 0 Å². The summed E-state index contributed by atoms with van der Waals surface area (Å²) in [6.45, 7) is 11.1. The first-order valence-corrected chi connectivity index (χ1v) is 8.72. The Kier molecular flexibility index (Phi) is 4.40. The Morgan fingerprint density at radius 1 is 1.04 bits per heavy atom. The van der Waals surface area contributed by atoms with Crippen LogP contribution in [0.5, 0.6) is 0 Å². The van der Waals surface area contributed by atoms with Crippen LogP contribution in [0.2, 0.25) is 0 Å². The van der Waals surface area contributed by atoms with Gasteiger partial charge in [0.2, 0.25) is 0 Å². The van der Waals surface area contributed by atoms with E-state index in [-0.39, 0.29) is 0 Å². The molecule has 3 aromatic rings. The second-order valence-corrected chi connectivity index (χ2v) is 7.41. The molecule has 0 fully saturated rings. The third-order valence-electron chi connectivity index (χ3n) is 4.75. The molecule has 0 saturated carbocycles. The van der Waals surface area contributed by atoms with E-state index in [0.29, 0.717) is 5.92 Å². The number of rotatable bonds is 3. The van der Waals surface area contributed by atoms with Gasteiger partial charge in [-0.15, -0.1) is 0 Å². The van der Waals surface area contributed by atoms with Crippen LogP contribution >= 0.6 is 0 Å². The summed E-state index contributed by atoms with van der Waals surface area (Å²) in [5.41, 5.74) is 9.00. The highest BCUT2D eigenvalue weighted by Crippen LogP contribution is 2.30. The summed E-state index contributed by atoms with van der Waals surface area (Å²) in [4.78, 5) is 4.62. The molecule has 0 amide bonds. The summed E-state index contributed by atoms with van der Waals surface area (Å²) >= 11 is 0. The molecular weight excluding hydrogens is 292 g/mol. The lowest BCUT2D eigenvalue weighted by Gasteiger charge is -2.13. The average molecular weight is 319 g/mol. The van der Waals surface area contributed by atoms with E-state index in [1.54, 1.807) is 0 Å². The molecule has 0 unspecified atom stereocenters. The van der Waals surface area contributed by atoms with Crippen LogP contribution in [0.25, 0.3) is 22.2 Å². The standard InChI is InChI=1S/C22H27N2/c1-14(2)9-18-7-8-21-20(12-18)22(24(6)13-23-21)19-11-15(3)10-16(4)17(19)5/h7-8,10-14H,9H2,1-6H3/q+1. The van der Waals surface area contributed by atoms with Crippen molar-refractivity contribution >= 4 is 10.9 Å². The van der Waals surface area contributed by atoms with E-state index in [0.717, 1.165) is 11.9 Å². The summed E-state index contributed by atoms with van der Waals surface area (Å²) in [5.74, 6) is 0.652. The number of hydrogen-bond acceptors (Lipinski definition) is 1. The number of benzene rings is 2. The van der Waals surface area contributed by atoms with Crippen LogP contribution in [0.15, 0.2) is 36.7 Å². The molecular formula is C22H27N2+.